The van der Waals surface area contributed by atoms with Crippen LogP contribution in [0.2, 0.25) is 0 Å². The van der Waals surface area contributed by atoms with Crippen molar-refractivity contribution in [2.75, 3.05) is 5.75 Å². The Labute approximate surface area is 195 Å². The van der Waals surface area contributed by atoms with E-state index in [2.05, 4.69) is 31.4 Å². The molecule has 0 unspecified atom stereocenters. The first-order valence-electron chi connectivity index (χ1n) is 9.53. The number of aromatic nitrogens is 2. The predicted molar refractivity (Wildman–Crippen MR) is 130 cm³/mol. The van der Waals surface area contributed by atoms with Gasteiger partial charge in [0.1, 0.15) is 5.75 Å². The maximum atomic E-state index is 13.1. The summed E-state index contributed by atoms with van der Waals surface area (Å²) in [5, 5.41) is 14.6. The van der Waals surface area contributed by atoms with Gasteiger partial charge in [-0.15, -0.1) is 0 Å². The van der Waals surface area contributed by atoms with E-state index in [1.165, 1.54) is 16.8 Å². The number of phenolic OH excluding ortho intramolecular Hbond substituents is 1. The molecular weight excluding hydrogens is 492 g/mol. The molecule has 160 valence electrons. The molecule has 0 fully saturated rings. The number of fused-ring (bicyclic) bond motifs is 1. The average Bonchev–Trinajstić information content (AvgIpc) is 2.80. The van der Waals surface area contributed by atoms with Crippen molar-refractivity contribution in [3.8, 4) is 11.4 Å². The third-order valence-corrected chi connectivity index (χ3v) is 5.91. The number of carbonyl (C=O) groups excluding carboxylic acids is 1. The van der Waals surface area contributed by atoms with Crippen molar-refractivity contribution < 1.29 is 9.90 Å². The number of phenols is 1. The molecule has 1 amide bonds. The number of amides is 1. The van der Waals surface area contributed by atoms with E-state index >= 15 is 0 Å². The summed E-state index contributed by atoms with van der Waals surface area (Å²) < 4.78 is 2.28. The molecule has 4 aromatic rings. The molecule has 7 nitrogen and oxygen atoms in total. The number of hydrogen-bond donors (Lipinski definition) is 2. The molecular formula is C23H17BrN4O3S. The van der Waals surface area contributed by atoms with E-state index in [9.17, 15) is 14.7 Å². The van der Waals surface area contributed by atoms with Crippen molar-refractivity contribution in [3.05, 3.63) is 93.2 Å². The van der Waals surface area contributed by atoms with Gasteiger partial charge in [-0.1, -0.05) is 58.0 Å². The smallest absolute Gasteiger partial charge is 0.266 e. The van der Waals surface area contributed by atoms with Crippen molar-refractivity contribution in [2.24, 2.45) is 5.10 Å². The van der Waals surface area contributed by atoms with E-state index in [1.807, 2.05) is 36.4 Å². The number of carbonyl (C=O) groups is 1. The zero-order valence-corrected chi connectivity index (χ0v) is 19.0. The predicted octanol–water partition coefficient (Wildman–Crippen LogP) is 4.10. The number of nitrogens with zero attached hydrogens (tertiary/aromatic N) is 3. The van der Waals surface area contributed by atoms with Gasteiger partial charge in [0.2, 0.25) is 0 Å². The number of hydrogen-bond acceptors (Lipinski definition) is 6. The van der Waals surface area contributed by atoms with E-state index in [0.717, 1.165) is 16.2 Å². The fourth-order valence-corrected chi connectivity index (χ4v) is 4.16. The number of rotatable bonds is 6. The number of thioether (sulfide) groups is 1. The monoisotopic (exact) mass is 508 g/mol. The van der Waals surface area contributed by atoms with E-state index in [4.69, 9.17) is 0 Å². The Morgan fingerprint density at radius 2 is 1.88 bits per heavy atom. The van der Waals surface area contributed by atoms with Gasteiger partial charge in [-0.2, -0.15) is 5.10 Å². The number of para-hydroxylation sites is 2. The summed E-state index contributed by atoms with van der Waals surface area (Å²) in [6.07, 6.45) is 1.36. The maximum Gasteiger partial charge on any atom is 0.266 e. The van der Waals surface area contributed by atoms with E-state index < -0.39 is 0 Å². The second-order valence-corrected chi connectivity index (χ2v) is 8.53. The number of halogens is 1. The van der Waals surface area contributed by atoms with Crippen LogP contribution in [-0.2, 0) is 4.79 Å². The highest BCUT2D eigenvalue weighted by atomic mass is 79.9. The number of aromatic hydroxyl groups is 1. The molecule has 1 aromatic heterocycles. The lowest BCUT2D eigenvalue weighted by molar-refractivity contribution is -0.118. The summed E-state index contributed by atoms with van der Waals surface area (Å²) in [5.41, 5.74) is 3.92. The highest BCUT2D eigenvalue weighted by molar-refractivity contribution is 9.10. The van der Waals surface area contributed by atoms with Crippen molar-refractivity contribution in [2.45, 2.75) is 5.16 Å². The third-order valence-electron chi connectivity index (χ3n) is 4.47. The molecule has 0 saturated carbocycles. The number of hydrazone groups is 1. The van der Waals surface area contributed by atoms with Crippen LogP contribution in [0.25, 0.3) is 16.6 Å². The Kier molecular flexibility index (Phi) is 6.67. The lowest BCUT2D eigenvalue weighted by Crippen LogP contribution is -2.24. The molecule has 0 aliphatic carbocycles. The lowest BCUT2D eigenvalue weighted by Gasteiger charge is -2.12. The van der Waals surface area contributed by atoms with Crippen molar-refractivity contribution >= 4 is 50.7 Å². The minimum absolute atomic E-state index is 0.000575. The van der Waals surface area contributed by atoms with Crippen LogP contribution in [0.3, 0.4) is 0 Å². The highest BCUT2D eigenvalue weighted by Crippen LogP contribution is 2.22. The summed E-state index contributed by atoms with van der Waals surface area (Å²) in [6.45, 7) is 0. The van der Waals surface area contributed by atoms with Gasteiger partial charge in [-0.25, -0.2) is 10.4 Å². The highest BCUT2D eigenvalue weighted by Gasteiger charge is 2.14. The van der Waals surface area contributed by atoms with Gasteiger partial charge in [0.25, 0.3) is 11.5 Å². The van der Waals surface area contributed by atoms with E-state index in [0.29, 0.717) is 27.3 Å². The molecule has 0 aliphatic rings. The van der Waals surface area contributed by atoms with Crippen molar-refractivity contribution in [1.82, 2.24) is 15.0 Å². The number of nitrogens with one attached hydrogen (secondary N) is 1. The van der Waals surface area contributed by atoms with E-state index in [1.54, 1.807) is 30.3 Å². The molecule has 2 N–H and O–H groups in total. The first-order chi connectivity index (χ1) is 15.5. The third kappa shape index (κ3) is 4.90. The van der Waals surface area contributed by atoms with Crippen LogP contribution >= 0.6 is 27.7 Å². The second-order valence-electron chi connectivity index (χ2n) is 6.67. The summed E-state index contributed by atoms with van der Waals surface area (Å²) in [4.78, 5) is 30.1. The quantitative estimate of drug-likeness (QED) is 0.177. The largest absolute Gasteiger partial charge is 0.507 e. The van der Waals surface area contributed by atoms with Crippen LogP contribution in [0.4, 0.5) is 0 Å². The molecule has 0 radical (unpaired) electrons. The Bertz CT molecular complexity index is 1370. The van der Waals surface area contributed by atoms with Gasteiger partial charge < -0.3 is 5.11 Å². The van der Waals surface area contributed by atoms with Crippen LogP contribution in [-0.4, -0.2) is 32.5 Å². The van der Waals surface area contributed by atoms with Gasteiger partial charge >= 0.3 is 0 Å². The standard InChI is InChI=1S/C23H17BrN4O3S/c24-16-10-11-20(29)15(12-16)13-25-27-21(30)14-32-23-26-19-9-5-4-8-18(19)22(31)28(23)17-6-2-1-3-7-17/h1-13,29H,14H2,(H,27,30)/b25-13+. The van der Waals surface area contributed by atoms with Crippen molar-refractivity contribution in [1.29, 1.82) is 0 Å². The zero-order valence-electron chi connectivity index (χ0n) is 16.6. The summed E-state index contributed by atoms with van der Waals surface area (Å²) in [5.74, 6) is -0.324. The van der Waals surface area contributed by atoms with Gasteiger partial charge in [0, 0.05) is 10.0 Å². The lowest BCUT2D eigenvalue weighted by atomic mass is 10.2. The first-order valence-corrected chi connectivity index (χ1v) is 11.3. The molecule has 9 heteroatoms. The molecule has 3 aromatic carbocycles. The molecule has 1 heterocycles. The Morgan fingerprint density at radius 1 is 1.12 bits per heavy atom. The fraction of sp³-hybridized carbons (Fsp3) is 0.0435. The minimum Gasteiger partial charge on any atom is -0.507 e. The topological polar surface area (TPSA) is 96.6 Å². The molecule has 0 aliphatic heterocycles. The fourth-order valence-electron chi connectivity index (χ4n) is 2.98. The van der Waals surface area contributed by atoms with Gasteiger partial charge in [-0.3, -0.25) is 14.2 Å². The molecule has 0 saturated heterocycles. The second kappa shape index (κ2) is 9.80. The van der Waals surface area contributed by atoms with Gasteiger partial charge in [0.15, 0.2) is 5.16 Å². The first kappa shape index (κ1) is 21.8. The zero-order chi connectivity index (χ0) is 22.5. The summed E-state index contributed by atoms with van der Waals surface area (Å²) in [6, 6.07) is 21.2. The Hall–Kier alpha value is -3.43. The van der Waals surface area contributed by atoms with Crippen LogP contribution in [0.1, 0.15) is 5.56 Å². The molecule has 4 rings (SSSR count). The maximum absolute atomic E-state index is 13.1. The molecule has 0 atom stereocenters. The van der Waals surface area contributed by atoms with Crippen LogP contribution in [0.5, 0.6) is 5.75 Å². The Morgan fingerprint density at radius 3 is 2.69 bits per heavy atom. The summed E-state index contributed by atoms with van der Waals surface area (Å²) in [7, 11) is 0. The normalized spacial score (nSPS) is 11.2. The SMILES string of the molecule is O=C(CSc1nc2ccccc2c(=O)n1-c1ccccc1)N/N=C/c1cc(Br)ccc1O. The summed E-state index contributed by atoms with van der Waals surface area (Å²) >= 11 is 4.46. The molecule has 0 spiro atoms. The van der Waals surface area contributed by atoms with Crippen LogP contribution in [0, 0.1) is 0 Å². The van der Waals surface area contributed by atoms with E-state index in [-0.39, 0.29) is 23.0 Å². The van der Waals surface area contributed by atoms with Gasteiger partial charge in [-0.05, 0) is 42.5 Å². The minimum atomic E-state index is -0.372. The molecule has 0 bridgehead atoms. The Balaban J connectivity index is 1.55. The molecule has 32 heavy (non-hydrogen) atoms. The van der Waals surface area contributed by atoms with Gasteiger partial charge in [0.05, 0.1) is 28.6 Å². The number of benzene rings is 3. The van der Waals surface area contributed by atoms with Crippen molar-refractivity contribution in [3.63, 3.8) is 0 Å². The van der Waals surface area contributed by atoms with Crippen LogP contribution < -0.4 is 11.0 Å². The van der Waals surface area contributed by atoms with Crippen LogP contribution in [0.15, 0.2) is 92.3 Å². The average molecular weight is 509 g/mol.